The molecule has 15 heteroatoms. The van der Waals surface area contributed by atoms with Gasteiger partial charge in [0.1, 0.15) is 0 Å². The largest absolute Gasteiger partial charge is 0.416 e. The SMILES string of the molecule is O=C(CSc1nnc(CCCN2C(=O)c3cccc4cccc(c34)C2=O)o1)Nc1ccc(S(=O)(=O)Nc2nccs2)cc1. The van der Waals surface area contributed by atoms with E-state index in [4.69, 9.17) is 4.42 Å². The number of rotatable bonds is 11. The molecule has 0 unspecified atom stereocenters. The fraction of sp³-hybridized carbons (Fsp3) is 0.143. The molecule has 0 aliphatic carbocycles. The standard InChI is InChI=1S/C28H22N6O6S3/c35-22(30-18-9-11-19(12-10-18)43(38,39)33-27-29-13-15-41-27)16-42-28-32-31-23(40-28)8-3-14-34-25(36)20-6-1-4-17-5-2-7-21(24(17)20)26(34)37/h1-2,4-7,9-13,15H,3,8,14,16H2,(H,29,33)(H,30,35). The summed E-state index contributed by atoms with van der Waals surface area (Å²) < 4.78 is 32.9. The van der Waals surface area contributed by atoms with Crippen molar-refractivity contribution in [3.8, 4) is 0 Å². The molecule has 3 aromatic carbocycles. The van der Waals surface area contributed by atoms with Crippen LogP contribution in [0.3, 0.4) is 0 Å². The van der Waals surface area contributed by atoms with Crippen molar-refractivity contribution in [2.24, 2.45) is 0 Å². The van der Waals surface area contributed by atoms with E-state index in [1.54, 1.807) is 29.6 Å². The highest BCUT2D eigenvalue weighted by molar-refractivity contribution is 7.99. The maximum absolute atomic E-state index is 13.0. The number of anilines is 2. The smallest absolute Gasteiger partial charge is 0.277 e. The number of amides is 3. The van der Waals surface area contributed by atoms with E-state index in [-0.39, 0.29) is 45.3 Å². The van der Waals surface area contributed by atoms with Gasteiger partial charge in [-0.3, -0.25) is 24.0 Å². The summed E-state index contributed by atoms with van der Waals surface area (Å²) in [5.41, 5.74) is 1.44. The van der Waals surface area contributed by atoms with Crippen LogP contribution in [-0.2, 0) is 21.2 Å². The van der Waals surface area contributed by atoms with Crippen LogP contribution in [0.15, 0.2) is 86.8 Å². The van der Waals surface area contributed by atoms with Gasteiger partial charge in [-0.05, 0) is 48.2 Å². The second kappa shape index (κ2) is 11.9. The van der Waals surface area contributed by atoms with Crippen molar-refractivity contribution in [3.05, 3.63) is 89.3 Å². The Morgan fingerprint density at radius 3 is 2.37 bits per heavy atom. The van der Waals surface area contributed by atoms with E-state index in [1.165, 1.54) is 35.4 Å². The van der Waals surface area contributed by atoms with Crippen molar-refractivity contribution in [1.29, 1.82) is 0 Å². The molecule has 0 radical (unpaired) electrons. The van der Waals surface area contributed by atoms with Crippen LogP contribution in [0, 0.1) is 0 Å². The molecule has 1 aliphatic heterocycles. The van der Waals surface area contributed by atoms with Gasteiger partial charge in [0.2, 0.25) is 11.8 Å². The van der Waals surface area contributed by atoms with E-state index >= 15 is 0 Å². The molecule has 3 amide bonds. The van der Waals surface area contributed by atoms with Crippen molar-refractivity contribution in [1.82, 2.24) is 20.1 Å². The Morgan fingerprint density at radius 2 is 1.70 bits per heavy atom. The number of thiazole rings is 1. The molecule has 12 nitrogen and oxygen atoms in total. The highest BCUT2D eigenvalue weighted by atomic mass is 32.2. The number of nitrogens with one attached hydrogen (secondary N) is 2. The third kappa shape index (κ3) is 6.14. The Bertz CT molecular complexity index is 1890. The number of hydrogen-bond donors (Lipinski definition) is 2. The second-order valence-corrected chi connectivity index (χ2v) is 12.8. The van der Waals surface area contributed by atoms with Gasteiger partial charge in [0.05, 0.1) is 10.6 Å². The normalized spacial score (nSPS) is 13.0. The molecule has 0 saturated carbocycles. The van der Waals surface area contributed by atoms with Crippen molar-refractivity contribution < 1.29 is 27.2 Å². The quantitative estimate of drug-likeness (QED) is 0.157. The summed E-state index contributed by atoms with van der Waals surface area (Å²) in [6, 6.07) is 16.6. The lowest BCUT2D eigenvalue weighted by Gasteiger charge is -2.27. The molecular formula is C28H22N6O6S3. The van der Waals surface area contributed by atoms with Gasteiger partial charge in [0, 0.05) is 46.7 Å². The highest BCUT2D eigenvalue weighted by Crippen LogP contribution is 2.30. The van der Waals surface area contributed by atoms with Gasteiger partial charge in [0.25, 0.3) is 27.1 Å². The van der Waals surface area contributed by atoms with Gasteiger partial charge in [-0.1, -0.05) is 36.0 Å². The third-order valence-electron chi connectivity index (χ3n) is 6.51. The Balaban J connectivity index is 0.977. The molecule has 0 saturated heterocycles. The van der Waals surface area contributed by atoms with E-state index in [0.29, 0.717) is 40.9 Å². The topological polar surface area (TPSA) is 164 Å². The van der Waals surface area contributed by atoms with Crippen LogP contribution >= 0.6 is 23.1 Å². The monoisotopic (exact) mass is 634 g/mol. The zero-order chi connectivity index (χ0) is 30.0. The molecule has 218 valence electrons. The Kier molecular flexibility index (Phi) is 7.92. The first-order valence-corrected chi connectivity index (χ1v) is 16.3. The molecule has 2 aromatic heterocycles. The summed E-state index contributed by atoms with van der Waals surface area (Å²) in [5, 5.41) is 14.3. The number of hydrogen-bond acceptors (Lipinski definition) is 11. The van der Waals surface area contributed by atoms with E-state index in [0.717, 1.165) is 28.5 Å². The first-order chi connectivity index (χ1) is 20.8. The zero-order valence-corrected chi connectivity index (χ0v) is 24.7. The number of sulfonamides is 1. The minimum Gasteiger partial charge on any atom is -0.416 e. The summed E-state index contributed by atoms with van der Waals surface area (Å²) >= 11 is 2.21. The number of nitrogens with zero attached hydrogens (tertiary/aromatic N) is 4. The molecule has 0 spiro atoms. The van der Waals surface area contributed by atoms with Gasteiger partial charge >= 0.3 is 0 Å². The fourth-order valence-corrected chi connectivity index (χ4v) is 6.93. The Morgan fingerprint density at radius 1 is 0.977 bits per heavy atom. The Labute approximate surface area is 253 Å². The predicted molar refractivity (Wildman–Crippen MR) is 161 cm³/mol. The minimum atomic E-state index is -3.79. The summed E-state index contributed by atoms with van der Waals surface area (Å²) in [6.07, 6.45) is 2.26. The second-order valence-electron chi connectivity index (χ2n) is 9.34. The van der Waals surface area contributed by atoms with E-state index < -0.39 is 10.0 Å². The van der Waals surface area contributed by atoms with E-state index in [2.05, 4.69) is 25.2 Å². The molecule has 5 aromatic rings. The van der Waals surface area contributed by atoms with Crippen LogP contribution in [-0.4, -0.2) is 58.5 Å². The van der Waals surface area contributed by atoms with Gasteiger partial charge < -0.3 is 9.73 Å². The first kappa shape index (κ1) is 28.5. The van der Waals surface area contributed by atoms with Crippen molar-refractivity contribution in [3.63, 3.8) is 0 Å². The molecule has 3 heterocycles. The lowest BCUT2D eigenvalue weighted by molar-refractivity contribution is -0.113. The van der Waals surface area contributed by atoms with Crippen LogP contribution in [0.2, 0.25) is 0 Å². The number of thioether (sulfide) groups is 1. The first-order valence-electron chi connectivity index (χ1n) is 12.9. The Hall–Kier alpha value is -4.60. The molecule has 2 N–H and O–H groups in total. The van der Waals surface area contributed by atoms with Crippen molar-refractivity contribution in [2.75, 3.05) is 22.3 Å². The number of benzene rings is 3. The van der Waals surface area contributed by atoms with Crippen LogP contribution in [0.4, 0.5) is 10.8 Å². The van der Waals surface area contributed by atoms with Gasteiger partial charge in [-0.2, -0.15) is 0 Å². The molecule has 0 atom stereocenters. The average Bonchev–Trinajstić information content (AvgIpc) is 3.68. The summed E-state index contributed by atoms with van der Waals surface area (Å²) in [7, 11) is -3.79. The maximum atomic E-state index is 13.0. The lowest BCUT2D eigenvalue weighted by Crippen LogP contribution is -2.41. The number of carbonyl (C=O) groups is 3. The maximum Gasteiger partial charge on any atom is 0.277 e. The van der Waals surface area contributed by atoms with Crippen LogP contribution in [0.25, 0.3) is 10.8 Å². The zero-order valence-electron chi connectivity index (χ0n) is 22.2. The van der Waals surface area contributed by atoms with E-state index in [1.807, 2.05) is 12.1 Å². The third-order valence-corrected chi connectivity index (χ3v) is 9.50. The number of carbonyl (C=O) groups excluding carboxylic acids is 3. The molecular weight excluding hydrogens is 613 g/mol. The molecule has 0 bridgehead atoms. The number of imide groups is 1. The summed E-state index contributed by atoms with van der Waals surface area (Å²) in [6.45, 7) is 0.191. The molecule has 43 heavy (non-hydrogen) atoms. The summed E-state index contributed by atoms with van der Waals surface area (Å²) in [5.74, 6) is -0.699. The van der Waals surface area contributed by atoms with Crippen LogP contribution < -0.4 is 10.0 Å². The van der Waals surface area contributed by atoms with E-state index in [9.17, 15) is 22.8 Å². The molecule has 1 aliphatic rings. The van der Waals surface area contributed by atoms with Gasteiger partial charge in [0.15, 0.2) is 5.13 Å². The summed E-state index contributed by atoms with van der Waals surface area (Å²) in [4.78, 5) is 43.7. The molecule has 6 rings (SSSR count). The van der Waals surface area contributed by atoms with Gasteiger partial charge in [-0.25, -0.2) is 13.4 Å². The van der Waals surface area contributed by atoms with Crippen LogP contribution in [0.1, 0.15) is 33.0 Å². The van der Waals surface area contributed by atoms with Gasteiger partial charge in [-0.15, -0.1) is 21.5 Å². The lowest BCUT2D eigenvalue weighted by atomic mass is 9.94. The van der Waals surface area contributed by atoms with Crippen LogP contribution in [0.5, 0.6) is 0 Å². The highest BCUT2D eigenvalue weighted by Gasteiger charge is 2.32. The predicted octanol–water partition coefficient (Wildman–Crippen LogP) is 4.44. The number of aromatic nitrogens is 3. The average molecular weight is 635 g/mol. The fourth-order valence-electron chi connectivity index (χ4n) is 4.56. The number of aryl methyl sites for hydroxylation is 1. The van der Waals surface area contributed by atoms with Crippen molar-refractivity contribution >= 4 is 72.4 Å². The minimum absolute atomic E-state index is 0.0188. The molecule has 0 fully saturated rings. The van der Waals surface area contributed by atoms with Crippen molar-refractivity contribution in [2.45, 2.75) is 23.0 Å².